The Kier molecular flexibility index (Phi) is 5.16. The number of nitrogens with zero attached hydrogens (tertiary/aromatic N) is 5. The molecule has 2 amide bonds. The van der Waals surface area contributed by atoms with Crippen LogP contribution in [-0.2, 0) is 13.1 Å². The van der Waals surface area contributed by atoms with E-state index in [0.717, 1.165) is 27.9 Å². The van der Waals surface area contributed by atoms with E-state index < -0.39 is 0 Å². The van der Waals surface area contributed by atoms with Gasteiger partial charge >= 0.3 is 6.03 Å². The fourth-order valence-corrected chi connectivity index (χ4v) is 2.95. The second kappa shape index (κ2) is 7.51. The molecule has 0 saturated carbocycles. The standard InChI is InChI=1S/C19H24N6O/c1-13(2)25-12-22-23-18(25)11-24(4)19(26)21-10-16-14(3)7-8-17-15(16)6-5-9-20-17/h5-9,12-13H,10-11H2,1-4H3,(H,21,26). The van der Waals surface area contributed by atoms with Crippen molar-refractivity contribution < 1.29 is 4.79 Å². The number of benzene rings is 1. The molecule has 3 aromatic rings. The smallest absolute Gasteiger partial charge is 0.317 e. The molecule has 2 heterocycles. The zero-order valence-corrected chi connectivity index (χ0v) is 15.6. The zero-order chi connectivity index (χ0) is 18.7. The summed E-state index contributed by atoms with van der Waals surface area (Å²) in [5, 5.41) is 12.1. The highest BCUT2D eigenvalue weighted by molar-refractivity contribution is 5.84. The third-order valence-corrected chi connectivity index (χ3v) is 4.48. The van der Waals surface area contributed by atoms with E-state index in [4.69, 9.17) is 0 Å². The molecule has 0 atom stereocenters. The van der Waals surface area contributed by atoms with Crippen LogP contribution in [0.25, 0.3) is 10.9 Å². The molecule has 0 spiro atoms. The first-order valence-electron chi connectivity index (χ1n) is 8.68. The van der Waals surface area contributed by atoms with Gasteiger partial charge in [-0.05, 0) is 44.0 Å². The van der Waals surface area contributed by atoms with Crippen LogP contribution in [0.1, 0.15) is 36.8 Å². The summed E-state index contributed by atoms with van der Waals surface area (Å²) >= 11 is 0. The van der Waals surface area contributed by atoms with Crippen molar-refractivity contribution in [3.8, 4) is 0 Å². The second-order valence-corrected chi connectivity index (χ2v) is 6.69. The van der Waals surface area contributed by atoms with Crippen LogP contribution in [0.3, 0.4) is 0 Å². The Labute approximate surface area is 153 Å². The number of rotatable bonds is 5. The number of urea groups is 1. The maximum absolute atomic E-state index is 12.5. The van der Waals surface area contributed by atoms with Crippen LogP contribution in [0.5, 0.6) is 0 Å². The van der Waals surface area contributed by atoms with E-state index in [1.807, 2.05) is 35.8 Å². The quantitative estimate of drug-likeness (QED) is 0.766. The van der Waals surface area contributed by atoms with E-state index in [0.29, 0.717) is 13.1 Å². The highest BCUT2D eigenvalue weighted by Gasteiger charge is 2.15. The molecule has 0 saturated heterocycles. The Hall–Kier alpha value is -2.96. The van der Waals surface area contributed by atoms with Gasteiger partial charge < -0.3 is 14.8 Å². The summed E-state index contributed by atoms with van der Waals surface area (Å²) in [6.45, 7) is 7.02. The fraction of sp³-hybridized carbons (Fsp3) is 0.368. The molecule has 0 unspecified atom stereocenters. The van der Waals surface area contributed by atoms with E-state index in [9.17, 15) is 4.79 Å². The molecular weight excluding hydrogens is 328 g/mol. The maximum Gasteiger partial charge on any atom is 0.317 e. The third kappa shape index (κ3) is 3.66. The SMILES string of the molecule is Cc1ccc2ncccc2c1CNC(=O)N(C)Cc1nncn1C(C)C. The number of pyridine rings is 1. The van der Waals surface area contributed by atoms with Gasteiger partial charge in [0, 0.05) is 31.2 Å². The molecular formula is C19H24N6O. The van der Waals surface area contributed by atoms with Crippen molar-refractivity contribution in [1.29, 1.82) is 0 Å². The molecule has 136 valence electrons. The molecule has 0 aliphatic rings. The number of carbonyl (C=O) groups excluding carboxylic acids is 1. The van der Waals surface area contributed by atoms with Gasteiger partial charge in [0.05, 0.1) is 12.1 Å². The van der Waals surface area contributed by atoms with Crippen molar-refractivity contribution in [1.82, 2.24) is 30.0 Å². The highest BCUT2D eigenvalue weighted by atomic mass is 16.2. The van der Waals surface area contributed by atoms with Gasteiger partial charge in [-0.25, -0.2) is 4.79 Å². The Morgan fingerprint density at radius 2 is 2.12 bits per heavy atom. The summed E-state index contributed by atoms with van der Waals surface area (Å²) in [4.78, 5) is 18.5. The molecule has 1 N–H and O–H groups in total. The fourth-order valence-electron chi connectivity index (χ4n) is 2.95. The van der Waals surface area contributed by atoms with Crippen LogP contribution >= 0.6 is 0 Å². The van der Waals surface area contributed by atoms with Crippen LogP contribution < -0.4 is 5.32 Å². The number of fused-ring (bicyclic) bond motifs is 1. The van der Waals surface area contributed by atoms with Crippen molar-refractivity contribution in [2.45, 2.75) is 39.9 Å². The van der Waals surface area contributed by atoms with Gasteiger partial charge in [-0.3, -0.25) is 4.98 Å². The topological polar surface area (TPSA) is 75.9 Å². The average molecular weight is 352 g/mol. The number of hydrogen-bond acceptors (Lipinski definition) is 4. The number of amides is 2. The van der Waals surface area contributed by atoms with E-state index in [-0.39, 0.29) is 12.1 Å². The first-order chi connectivity index (χ1) is 12.5. The van der Waals surface area contributed by atoms with Gasteiger partial charge in [0.1, 0.15) is 6.33 Å². The molecule has 0 fully saturated rings. The van der Waals surface area contributed by atoms with Gasteiger partial charge in [-0.1, -0.05) is 12.1 Å². The van der Waals surface area contributed by atoms with Crippen LogP contribution in [0.2, 0.25) is 0 Å². The minimum atomic E-state index is -0.149. The molecule has 7 nitrogen and oxygen atoms in total. The van der Waals surface area contributed by atoms with Crippen LogP contribution in [0.15, 0.2) is 36.8 Å². The minimum absolute atomic E-state index is 0.149. The van der Waals surface area contributed by atoms with Gasteiger partial charge in [-0.2, -0.15) is 0 Å². The summed E-state index contributed by atoms with van der Waals surface area (Å²) in [5.74, 6) is 0.767. The van der Waals surface area contributed by atoms with Gasteiger partial charge in [0.15, 0.2) is 5.82 Å². The highest BCUT2D eigenvalue weighted by Crippen LogP contribution is 2.20. The molecule has 0 bridgehead atoms. The minimum Gasteiger partial charge on any atom is -0.334 e. The number of aromatic nitrogens is 4. The van der Waals surface area contributed by atoms with Gasteiger partial charge in [0.2, 0.25) is 0 Å². The summed E-state index contributed by atoms with van der Waals surface area (Å²) < 4.78 is 1.96. The Bertz CT molecular complexity index is 917. The van der Waals surface area contributed by atoms with E-state index in [1.165, 1.54) is 0 Å². The molecule has 1 aromatic carbocycles. The monoisotopic (exact) mass is 352 g/mol. The summed E-state index contributed by atoms with van der Waals surface area (Å²) in [5.41, 5.74) is 3.15. The normalized spacial score (nSPS) is 11.1. The Morgan fingerprint density at radius 1 is 1.31 bits per heavy atom. The predicted octanol–water partition coefficient (Wildman–Crippen LogP) is 3.06. The van der Waals surface area contributed by atoms with E-state index >= 15 is 0 Å². The lowest BCUT2D eigenvalue weighted by Gasteiger charge is -2.19. The van der Waals surface area contributed by atoms with Crippen molar-refractivity contribution in [2.75, 3.05) is 7.05 Å². The van der Waals surface area contributed by atoms with Gasteiger partial charge in [-0.15, -0.1) is 10.2 Å². The lowest BCUT2D eigenvalue weighted by Crippen LogP contribution is -2.37. The van der Waals surface area contributed by atoms with Crippen molar-refractivity contribution in [2.24, 2.45) is 0 Å². The molecule has 3 rings (SSSR count). The van der Waals surface area contributed by atoms with E-state index in [1.54, 1.807) is 24.5 Å². The second-order valence-electron chi connectivity index (χ2n) is 6.69. The van der Waals surface area contributed by atoms with E-state index in [2.05, 4.69) is 34.3 Å². The van der Waals surface area contributed by atoms with Crippen molar-refractivity contribution in [3.05, 3.63) is 53.7 Å². The number of hydrogen-bond donors (Lipinski definition) is 1. The first kappa shape index (κ1) is 17.8. The summed E-state index contributed by atoms with van der Waals surface area (Å²) in [6.07, 6.45) is 3.47. The lowest BCUT2D eigenvalue weighted by molar-refractivity contribution is 0.204. The molecule has 2 aromatic heterocycles. The number of nitrogens with one attached hydrogen (secondary N) is 1. The summed E-state index contributed by atoms with van der Waals surface area (Å²) in [6, 6.07) is 8.08. The number of carbonyl (C=O) groups is 1. The third-order valence-electron chi connectivity index (χ3n) is 4.48. The average Bonchev–Trinajstić information content (AvgIpc) is 3.09. The first-order valence-corrected chi connectivity index (χ1v) is 8.68. The Balaban J connectivity index is 1.69. The summed E-state index contributed by atoms with van der Waals surface area (Å²) in [7, 11) is 1.76. The zero-order valence-electron chi connectivity index (χ0n) is 15.6. The maximum atomic E-state index is 12.5. The van der Waals surface area contributed by atoms with Crippen molar-refractivity contribution >= 4 is 16.9 Å². The molecule has 0 aliphatic carbocycles. The van der Waals surface area contributed by atoms with Crippen molar-refractivity contribution in [3.63, 3.8) is 0 Å². The van der Waals surface area contributed by atoms with Gasteiger partial charge in [0.25, 0.3) is 0 Å². The molecule has 26 heavy (non-hydrogen) atoms. The lowest BCUT2D eigenvalue weighted by atomic mass is 10.0. The predicted molar refractivity (Wildman–Crippen MR) is 101 cm³/mol. The van der Waals surface area contributed by atoms with Crippen LogP contribution in [0.4, 0.5) is 4.79 Å². The van der Waals surface area contributed by atoms with Crippen LogP contribution in [0, 0.1) is 6.92 Å². The molecule has 7 heteroatoms. The number of aryl methyl sites for hydroxylation is 1. The Morgan fingerprint density at radius 3 is 2.88 bits per heavy atom. The molecule has 0 radical (unpaired) electrons. The molecule has 0 aliphatic heterocycles. The van der Waals surface area contributed by atoms with Crippen LogP contribution in [-0.4, -0.2) is 37.7 Å². The largest absolute Gasteiger partial charge is 0.334 e.